The number of aromatic nitrogens is 5. The van der Waals surface area contributed by atoms with Crippen LogP contribution in [0.3, 0.4) is 0 Å². The van der Waals surface area contributed by atoms with E-state index in [1.807, 2.05) is 19.1 Å². The molecule has 0 unspecified atom stereocenters. The summed E-state index contributed by atoms with van der Waals surface area (Å²) in [5.41, 5.74) is 1.47. The number of fused-ring (bicyclic) bond motifs is 1. The quantitative estimate of drug-likeness (QED) is 0.664. The van der Waals surface area contributed by atoms with Gasteiger partial charge in [-0.3, -0.25) is 4.79 Å². The molecule has 4 heterocycles. The maximum absolute atomic E-state index is 12.0. The number of aryl methyl sites for hydroxylation is 1. The molecule has 1 N–H and O–H groups in total. The summed E-state index contributed by atoms with van der Waals surface area (Å²) in [5.74, 6) is 2.34. The summed E-state index contributed by atoms with van der Waals surface area (Å²) in [5, 5.41) is 7.04. The smallest absolute Gasteiger partial charge is 0.254 e. The Kier molecular flexibility index (Phi) is 4.88. The van der Waals surface area contributed by atoms with Crippen LogP contribution >= 0.6 is 0 Å². The fraction of sp³-hybridized carbons (Fsp3) is 0.316. The second kappa shape index (κ2) is 7.63. The third-order valence-corrected chi connectivity index (χ3v) is 4.71. The van der Waals surface area contributed by atoms with E-state index in [0.29, 0.717) is 17.9 Å². The number of piperazine rings is 1. The molecule has 1 amide bonds. The second-order valence-corrected chi connectivity index (χ2v) is 6.61. The molecule has 0 radical (unpaired) electrons. The van der Waals surface area contributed by atoms with Gasteiger partial charge in [0.25, 0.3) is 11.7 Å². The van der Waals surface area contributed by atoms with Crippen LogP contribution in [0.5, 0.6) is 0 Å². The van der Waals surface area contributed by atoms with Crippen LogP contribution in [0.25, 0.3) is 5.78 Å². The van der Waals surface area contributed by atoms with Gasteiger partial charge in [0.15, 0.2) is 0 Å². The van der Waals surface area contributed by atoms with Crippen LogP contribution in [0.15, 0.2) is 43.4 Å². The number of amides is 1. The number of anilines is 2. The van der Waals surface area contributed by atoms with Crippen LogP contribution < -0.4 is 15.1 Å². The SMILES string of the molecule is C=CCNC(=O)c1ccc(N2CCN(c3cc(C)nc4ncnn34)CC2)nc1. The molecule has 0 saturated carbocycles. The van der Waals surface area contributed by atoms with Gasteiger partial charge < -0.3 is 15.1 Å². The van der Waals surface area contributed by atoms with Gasteiger partial charge in [0.1, 0.15) is 18.0 Å². The maximum atomic E-state index is 12.0. The van der Waals surface area contributed by atoms with Gasteiger partial charge in [-0.15, -0.1) is 6.58 Å². The average molecular weight is 378 g/mol. The van der Waals surface area contributed by atoms with Crippen molar-refractivity contribution in [2.75, 3.05) is 42.5 Å². The van der Waals surface area contributed by atoms with Crippen molar-refractivity contribution in [1.29, 1.82) is 0 Å². The number of rotatable bonds is 5. The van der Waals surface area contributed by atoms with E-state index in [0.717, 1.165) is 43.5 Å². The highest BCUT2D eigenvalue weighted by atomic mass is 16.1. The van der Waals surface area contributed by atoms with E-state index < -0.39 is 0 Å². The van der Waals surface area contributed by atoms with E-state index in [2.05, 4.69) is 41.7 Å². The van der Waals surface area contributed by atoms with E-state index in [1.165, 1.54) is 6.33 Å². The Morgan fingerprint density at radius 1 is 1.21 bits per heavy atom. The number of carbonyl (C=O) groups excluding carboxylic acids is 1. The molecule has 1 aliphatic heterocycles. The normalized spacial score (nSPS) is 14.3. The molecule has 3 aromatic rings. The first kappa shape index (κ1) is 17.9. The Balaban J connectivity index is 1.43. The molecule has 0 aliphatic carbocycles. The molecule has 0 bridgehead atoms. The van der Waals surface area contributed by atoms with E-state index in [9.17, 15) is 4.79 Å². The van der Waals surface area contributed by atoms with E-state index >= 15 is 0 Å². The molecule has 0 spiro atoms. The van der Waals surface area contributed by atoms with Gasteiger partial charge >= 0.3 is 0 Å². The largest absolute Gasteiger partial charge is 0.353 e. The van der Waals surface area contributed by atoms with Gasteiger partial charge in [0.05, 0.1) is 5.56 Å². The van der Waals surface area contributed by atoms with Gasteiger partial charge in [-0.1, -0.05) is 6.08 Å². The molecule has 28 heavy (non-hydrogen) atoms. The molecule has 9 heteroatoms. The molecule has 0 aromatic carbocycles. The zero-order valence-corrected chi connectivity index (χ0v) is 15.7. The standard InChI is InChI=1S/C19H22N8O/c1-3-6-20-18(28)15-4-5-16(21-12-15)25-7-9-26(10-8-25)17-11-14(2)24-19-22-13-23-27(17)19/h3-5,11-13H,1,6-10H2,2H3,(H,20,28). The van der Waals surface area contributed by atoms with E-state index in [1.54, 1.807) is 22.9 Å². The third-order valence-electron chi connectivity index (χ3n) is 4.71. The Labute approximate surface area is 162 Å². The first-order chi connectivity index (χ1) is 13.7. The van der Waals surface area contributed by atoms with E-state index in [4.69, 9.17) is 0 Å². The highest BCUT2D eigenvalue weighted by Crippen LogP contribution is 2.20. The lowest BCUT2D eigenvalue weighted by Crippen LogP contribution is -2.47. The monoisotopic (exact) mass is 378 g/mol. The lowest BCUT2D eigenvalue weighted by atomic mass is 10.2. The zero-order chi connectivity index (χ0) is 19.5. The number of carbonyl (C=O) groups is 1. The topological polar surface area (TPSA) is 91.5 Å². The van der Waals surface area contributed by atoms with Crippen LogP contribution in [0.1, 0.15) is 16.1 Å². The molecule has 1 aliphatic rings. The molecule has 4 rings (SSSR count). The Morgan fingerprint density at radius 3 is 2.71 bits per heavy atom. The molecular formula is C19H22N8O. The minimum absolute atomic E-state index is 0.145. The predicted octanol–water partition coefficient (Wildman–Crippen LogP) is 1.07. The highest BCUT2D eigenvalue weighted by Gasteiger charge is 2.21. The van der Waals surface area contributed by atoms with Crippen LogP contribution in [0.2, 0.25) is 0 Å². The van der Waals surface area contributed by atoms with Crippen molar-refractivity contribution in [2.24, 2.45) is 0 Å². The summed E-state index contributed by atoms with van der Waals surface area (Å²) in [6.07, 6.45) is 4.79. The lowest BCUT2D eigenvalue weighted by Gasteiger charge is -2.36. The Morgan fingerprint density at radius 2 is 2.00 bits per heavy atom. The van der Waals surface area contributed by atoms with Crippen molar-refractivity contribution in [3.8, 4) is 0 Å². The minimum atomic E-state index is -0.145. The zero-order valence-electron chi connectivity index (χ0n) is 15.7. The number of hydrogen-bond acceptors (Lipinski definition) is 7. The third kappa shape index (κ3) is 3.51. The lowest BCUT2D eigenvalue weighted by molar-refractivity contribution is 0.0957. The first-order valence-electron chi connectivity index (χ1n) is 9.18. The van der Waals surface area contributed by atoms with Crippen molar-refractivity contribution in [2.45, 2.75) is 6.92 Å². The van der Waals surface area contributed by atoms with Crippen LogP contribution in [-0.4, -0.2) is 63.2 Å². The van der Waals surface area contributed by atoms with Crippen molar-refractivity contribution in [3.05, 3.63) is 54.6 Å². The first-order valence-corrected chi connectivity index (χ1v) is 9.18. The number of hydrogen-bond donors (Lipinski definition) is 1. The maximum Gasteiger partial charge on any atom is 0.254 e. The van der Waals surface area contributed by atoms with Crippen LogP contribution in [-0.2, 0) is 0 Å². The van der Waals surface area contributed by atoms with Crippen LogP contribution in [0.4, 0.5) is 11.6 Å². The summed E-state index contributed by atoms with van der Waals surface area (Å²) in [4.78, 5) is 29.5. The summed E-state index contributed by atoms with van der Waals surface area (Å²) in [6, 6.07) is 5.73. The van der Waals surface area contributed by atoms with E-state index in [-0.39, 0.29) is 5.91 Å². The molecule has 9 nitrogen and oxygen atoms in total. The van der Waals surface area contributed by atoms with Gasteiger partial charge in [0, 0.05) is 50.7 Å². The molecule has 0 atom stereocenters. The highest BCUT2D eigenvalue weighted by molar-refractivity contribution is 5.94. The average Bonchev–Trinajstić information content (AvgIpc) is 3.20. The number of pyridine rings is 1. The van der Waals surface area contributed by atoms with Crippen molar-refractivity contribution in [3.63, 3.8) is 0 Å². The van der Waals surface area contributed by atoms with Gasteiger partial charge in [-0.25, -0.2) is 9.97 Å². The fourth-order valence-electron chi connectivity index (χ4n) is 3.28. The molecule has 1 saturated heterocycles. The summed E-state index contributed by atoms with van der Waals surface area (Å²) >= 11 is 0. The molecular weight excluding hydrogens is 356 g/mol. The molecule has 3 aromatic heterocycles. The summed E-state index contributed by atoms with van der Waals surface area (Å²) in [6.45, 7) is 9.32. The molecule has 1 fully saturated rings. The fourth-order valence-corrected chi connectivity index (χ4v) is 3.28. The van der Waals surface area contributed by atoms with Crippen molar-refractivity contribution >= 4 is 23.3 Å². The Hall–Kier alpha value is -3.49. The van der Waals surface area contributed by atoms with Crippen molar-refractivity contribution < 1.29 is 4.79 Å². The van der Waals surface area contributed by atoms with Gasteiger partial charge in [0.2, 0.25) is 0 Å². The predicted molar refractivity (Wildman–Crippen MR) is 107 cm³/mol. The summed E-state index contributed by atoms with van der Waals surface area (Å²) in [7, 11) is 0. The van der Waals surface area contributed by atoms with Crippen molar-refractivity contribution in [1.82, 2.24) is 29.9 Å². The number of nitrogens with zero attached hydrogens (tertiary/aromatic N) is 7. The number of nitrogens with one attached hydrogen (secondary N) is 1. The second-order valence-electron chi connectivity index (χ2n) is 6.61. The van der Waals surface area contributed by atoms with Gasteiger partial charge in [-0.05, 0) is 19.1 Å². The molecule has 144 valence electrons. The van der Waals surface area contributed by atoms with Gasteiger partial charge in [-0.2, -0.15) is 14.6 Å². The Bertz CT molecular complexity index is 989. The van der Waals surface area contributed by atoms with Crippen LogP contribution in [0, 0.1) is 6.92 Å². The summed E-state index contributed by atoms with van der Waals surface area (Å²) < 4.78 is 1.78. The minimum Gasteiger partial charge on any atom is -0.353 e.